The Bertz CT molecular complexity index is 921. The Morgan fingerprint density at radius 1 is 1.26 bits per heavy atom. The Morgan fingerprint density at radius 2 is 2.09 bits per heavy atom. The smallest absolute Gasteiger partial charge is 0.258 e. The SMILES string of the molecule is COc1ccc(C)cc1NCc1cc(=O)n2cc(Cl)ccc2n1. The summed E-state index contributed by atoms with van der Waals surface area (Å²) in [7, 11) is 1.63. The zero-order valence-electron chi connectivity index (χ0n) is 12.8. The molecule has 1 aromatic carbocycles. The first-order chi connectivity index (χ1) is 11.1. The first kappa shape index (κ1) is 15.4. The summed E-state index contributed by atoms with van der Waals surface area (Å²) in [6.45, 7) is 2.43. The van der Waals surface area contributed by atoms with Crippen molar-refractivity contribution in [1.29, 1.82) is 0 Å². The molecular weight excluding hydrogens is 314 g/mol. The van der Waals surface area contributed by atoms with Crippen molar-refractivity contribution in [2.75, 3.05) is 12.4 Å². The van der Waals surface area contributed by atoms with Crippen LogP contribution in [0, 0.1) is 6.92 Å². The fourth-order valence-electron chi connectivity index (χ4n) is 2.36. The molecule has 0 bridgehead atoms. The predicted molar refractivity (Wildman–Crippen MR) is 91.5 cm³/mol. The van der Waals surface area contributed by atoms with Crippen LogP contribution in [-0.4, -0.2) is 16.5 Å². The zero-order chi connectivity index (χ0) is 16.4. The number of rotatable bonds is 4. The second-order valence-electron chi connectivity index (χ2n) is 5.22. The molecule has 0 saturated heterocycles. The number of methoxy groups -OCH3 is 1. The molecule has 0 amide bonds. The van der Waals surface area contributed by atoms with E-state index >= 15 is 0 Å². The molecule has 2 aromatic heterocycles. The summed E-state index contributed by atoms with van der Waals surface area (Å²) < 4.78 is 6.76. The fraction of sp³-hybridized carbons (Fsp3) is 0.176. The van der Waals surface area contributed by atoms with Gasteiger partial charge in [0, 0.05) is 12.3 Å². The van der Waals surface area contributed by atoms with Gasteiger partial charge in [0.15, 0.2) is 0 Å². The molecule has 2 heterocycles. The van der Waals surface area contributed by atoms with Crippen LogP contribution in [0.4, 0.5) is 5.69 Å². The highest BCUT2D eigenvalue weighted by Gasteiger charge is 2.06. The van der Waals surface area contributed by atoms with E-state index in [9.17, 15) is 4.79 Å². The summed E-state index contributed by atoms with van der Waals surface area (Å²) in [4.78, 5) is 16.6. The second-order valence-corrected chi connectivity index (χ2v) is 5.65. The number of benzene rings is 1. The van der Waals surface area contributed by atoms with E-state index in [1.54, 1.807) is 25.4 Å². The van der Waals surface area contributed by atoms with Crippen molar-refractivity contribution >= 4 is 22.9 Å². The topological polar surface area (TPSA) is 55.6 Å². The molecule has 0 unspecified atom stereocenters. The highest BCUT2D eigenvalue weighted by molar-refractivity contribution is 6.30. The summed E-state index contributed by atoms with van der Waals surface area (Å²) >= 11 is 5.91. The van der Waals surface area contributed by atoms with E-state index in [-0.39, 0.29) is 5.56 Å². The van der Waals surface area contributed by atoms with E-state index in [1.807, 2.05) is 25.1 Å². The van der Waals surface area contributed by atoms with Crippen molar-refractivity contribution in [3.8, 4) is 5.75 Å². The van der Waals surface area contributed by atoms with E-state index in [0.29, 0.717) is 22.9 Å². The monoisotopic (exact) mass is 329 g/mol. The van der Waals surface area contributed by atoms with Gasteiger partial charge in [-0.1, -0.05) is 17.7 Å². The quantitative estimate of drug-likeness (QED) is 0.798. The molecule has 23 heavy (non-hydrogen) atoms. The first-order valence-electron chi connectivity index (χ1n) is 7.13. The maximum absolute atomic E-state index is 12.2. The van der Waals surface area contributed by atoms with Crippen LogP contribution in [-0.2, 0) is 6.54 Å². The number of halogens is 1. The number of hydrogen-bond acceptors (Lipinski definition) is 4. The van der Waals surface area contributed by atoms with Gasteiger partial charge < -0.3 is 10.1 Å². The summed E-state index contributed by atoms with van der Waals surface area (Å²) in [6, 6.07) is 10.8. The molecule has 0 atom stereocenters. The van der Waals surface area contributed by atoms with Gasteiger partial charge in [-0.25, -0.2) is 4.98 Å². The van der Waals surface area contributed by atoms with Gasteiger partial charge in [0.05, 0.1) is 30.1 Å². The zero-order valence-corrected chi connectivity index (χ0v) is 13.6. The number of aromatic nitrogens is 2. The molecule has 3 aromatic rings. The van der Waals surface area contributed by atoms with Gasteiger partial charge in [0.2, 0.25) is 0 Å². The van der Waals surface area contributed by atoms with Crippen LogP contribution in [0.1, 0.15) is 11.3 Å². The van der Waals surface area contributed by atoms with Crippen LogP contribution in [0.2, 0.25) is 5.02 Å². The molecule has 1 N–H and O–H groups in total. The average Bonchev–Trinajstić information content (AvgIpc) is 2.54. The lowest BCUT2D eigenvalue weighted by atomic mass is 10.2. The minimum atomic E-state index is -0.162. The van der Waals surface area contributed by atoms with Crippen molar-refractivity contribution in [2.24, 2.45) is 0 Å². The number of hydrogen-bond donors (Lipinski definition) is 1. The fourth-order valence-corrected chi connectivity index (χ4v) is 2.52. The Labute approximate surface area is 138 Å². The first-order valence-corrected chi connectivity index (χ1v) is 7.51. The average molecular weight is 330 g/mol. The molecule has 0 saturated carbocycles. The Kier molecular flexibility index (Phi) is 4.21. The normalized spacial score (nSPS) is 10.7. The van der Waals surface area contributed by atoms with Crippen LogP contribution in [0.5, 0.6) is 5.75 Å². The third kappa shape index (κ3) is 3.29. The number of pyridine rings is 1. The molecule has 0 radical (unpaired) electrons. The van der Waals surface area contributed by atoms with Gasteiger partial charge >= 0.3 is 0 Å². The second kappa shape index (κ2) is 6.30. The third-order valence-corrected chi connectivity index (χ3v) is 3.72. The number of aryl methyl sites for hydroxylation is 1. The Hall–Kier alpha value is -2.53. The van der Waals surface area contributed by atoms with Crippen molar-refractivity contribution in [1.82, 2.24) is 9.38 Å². The van der Waals surface area contributed by atoms with Crippen molar-refractivity contribution in [3.05, 3.63) is 69.2 Å². The number of nitrogens with zero attached hydrogens (tertiary/aromatic N) is 2. The molecule has 118 valence electrons. The summed E-state index contributed by atoms with van der Waals surface area (Å²) in [5.41, 5.74) is 3.04. The summed E-state index contributed by atoms with van der Waals surface area (Å²) in [5, 5.41) is 3.76. The molecule has 0 fully saturated rings. The van der Waals surface area contributed by atoms with Crippen molar-refractivity contribution < 1.29 is 4.74 Å². The minimum Gasteiger partial charge on any atom is -0.495 e. The van der Waals surface area contributed by atoms with E-state index < -0.39 is 0 Å². The molecule has 0 aliphatic rings. The van der Waals surface area contributed by atoms with Crippen LogP contribution in [0.3, 0.4) is 0 Å². The Morgan fingerprint density at radius 3 is 2.87 bits per heavy atom. The highest BCUT2D eigenvalue weighted by Crippen LogP contribution is 2.25. The number of nitrogens with one attached hydrogen (secondary N) is 1. The van der Waals surface area contributed by atoms with Gasteiger partial charge in [-0.15, -0.1) is 0 Å². The van der Waals surface area contributed by atoms with Crippen LogP contribution in [0.15, 0.2) is 47.4 Å². The molecule has 0 spiro atoms. The number of ether oxygens (including phenoxy) is 1. The van der Waals surface area contributed by atoms with Gasteiger partial charge in [-0.2, -0.15) is 0 Å². The molecular formula is C17H16ClN3O2. The lowest BCUT2D eigenvalue weighted by Gasteiger charge is -2.12. The van der Waals surface area contributed by atoms with E-state index in [2.05, 4.69) is 10.3 Å². The van der Waals surface area contributed by atoms with Gasteiger partial charge in [0.1, 0.15) is 11.4 Å². The predicted octanol–water partition coefficient (Wildman–Crippen LogP) is 3.28. The van der Waals surface area contributed by atoms with E-state index in [0.717, 1.165) is 17.0 Å². The molecule has 6 heteroatoms. The highest BCUT2D eigenvalue weighted by atomic mass is 35.5. The lowest BCUT2D eigenvalue weighted by Crippen LogP contribution is -2.16. The maximum Gasteiger partial charge on any atom is 0.258 e. The van der Waals surface area contributed by atoms with Crippen LogP contribution >= 0.6 is 11.6 Å². The van der Waals surface area contributed by atoms with E-state index in [1.165, 1.54) is 10.5 Å². The molecule has 0 aliphatic carbocycles. The van der Waals surface area contributed by atoms with Crippen LogP contribution in [0.25, 0.3) is 5.65 Å². The van der Waals surface area contributed by atoms with Gasteiger partial charge in [0.25, 0.3) is 5.56 Å². The van der Waals surface area contributed by atoms with Crippen molar-refractivity contribution in [2.45, 2.75) is 13.5 Å². The Balaban J connectivity index is 1.89. The largest absolute Gasteiger partial charge is 0.495 e. The number of fused-ring (bicyclic) bond motifs is 1. The summed E-state index contributed by atoms with van der Waals surface area (Å²) in [5.74, 6) is 0.750. The van der Waals surface area contributed by atoms with Gasteiger partial charge in [-0.05, 0) is 36.8 Å². The standard InChI is InChI=1S/C17H16ClN3O2/c1-11-3-5-15(23-2)14(7-11)19-9-13-8-17(22)21-10-12(18)4-6-16(21)20-13/h3-8,10,19H,9H2,1-2H3. The van der Waals surface area contributed by atoms with Crippen LogP contribution < -0.4 is 15.6 Å². The van der Waals surface area contributed by atoms with E-state index in [4.69, 9.17) is 16.3 Å². The van der Waals surface area contributed by atoms with Crippen molar-refractivity contribution in [3.63, 3.8) is 0 Å². The van der Waals surface area contributed by atoms with Gasteiger partial charge in [-0.3, -0.25) is 9.20 Å². The molecule has 0 aliphatic heterocycles. The molecule has 5 nitrogen and oxygen atoms in total. The lowest BCUT2D eigenvalue weighted by molar-refractivity contribution is 0.416. The maximum atomic E-state index is 12.2. The minimum absolute atomic E-state index is 0.162. The third-order valence-electron chi connectivity index (χ3n) is 3.49. The summed E-state index contributed by atoms with van der Waals surface area (Å²) in [6.07, 6.45) is 1.56. The number of anilines is 1. The molecule has 3 rings (SSSR count).